The van der Waals surface area contributed by atoms with Gasteiger partial charge in [-0.15, -0.1) is 11.3 Å². The minimum absolute atomic E-state index is 0.441. The van der Waals surface area contributed by atoms with E-state index in [0.29, 0.717) is 17.6 Å². The number of aromatic nitrogens is 1. The Hall–Kier alpha value is -0.650. The summed E-state index contributed by atoms with van der Waals surface area (Å²) in [6, 6.07) is 0.623. The monoisotopic (exact) mass is 295 g/mol. The molecule has 0 bridgehead atoms. The Labute approximate surface area is 125 Å². The average molecular weight is 295 g/mol. The van der Waals surface area contributed by atoms with E-state index >= 15 is 0 Å². The van der Waals surface area contributed by atoms with Crippen molar-refractivity contribution < 1.29 is 4.74 Å². The van der Waals surface area contributed by atoms with E-state index in [1.54, 1.807) is 11.3 Å². The van der Waals surface area contributed by atoms with E-state index in [0.717, 1.165) is 24.0 Å². The Kier molecular flexibility index (Phi) is 4.02. The molecule has 112 valence electrons. The van der Waals surface area contributed by atoms with Crippen LogP contribution in [-0.4, -0.2) is 37.8 Å². The predicted molar refractivity (Wildman–Crippen MR) is 83.4 cm³/mol. The smallest absolute Gasteiger partial charge is 0.185 e. The molecule has 5 heteroatoms. The van der Waals surface area contributed by atoms with Crippen LogP contribution >= 0.6 is 11.3 Å². The zero-order valence-electron chi connectivity index (χ0n) is 12.7. The van der Waals surface area contributed by atoms with Crippen molar-refractivity contribution in [3.05, 3.63) is 11.1 Å². The van der Waals surface area contributed by atoms with Gasteiger partial charge in [0.15, 0.2) is 5.13 Å². The topological polar surface area (TPSA) is 37.4 Å². The summed E-state index contributed by atoms with van der Waals surface area (Å²) < 4.78 is 5.89. The van der Waals surface area contributed by atoms with Crippen molar-refractivity contribution in [2.45, 2.75) is 51.3 Å². The molecule has 1 N–H and O–H groups in total. The van der Waals surface area contributed by atoms with E-state index in [2.05, 4.69) is 27.5 Å². The SMILES string of the molecule is CCO[C@@H]1C[C@@H](NCc2csc(N(C)C)n2)C12CCC2. The molecule has 0 unspecified atom stereocenters. The van der Waals surface area contributed by atoms with Gasteiger partial charge in [-0.3, -0.25) is 0 Å². The van der Waals surface area contributed by atoms with Crippen LogP contribution in [-0.2, 0) is 11.3 Å². The molecular weight excluding hydrogens is 270 g/mol. The fraction of sp³-hybridized carbons (Fsp3) is 0.800. The molecule has 2 aliphatic rings. The molecule has 1 aromatic rings. The van der Waals surface area contributed by atoms with Gasteiger partial charge in [0, 0.05) is 44.1 Å². The second kappa shape index (κ2) is 5.62. The van der Waals surface area contributed by atoms with Crippen molar-refractivity contribution in [3.8, 4) is 0 Å². The van der Waals surface area contributed by atoms with Gasteiger partial charge in [0.05, 0.1) is 11.8 Å². The van der Waals surface area contributed by atoms with Crippen LogP contribution in [0.2, 0.25) is 0 Å². The first-order valence-electron chi connectivity index (χ1n) is 7.62. The minimum Gasteiger partial charge on any atom is -0.378 e. The summed E-state index contributed by atoms with van der Waals surface area (Å²) >= 11 is 1.71. The van der Waals surface area contributed by atoms with Gasteiger partial charge in [0.1, 0.15) is 0 Å². The molecule has 2 saturated carbocycles. The van der Waals surface area contributed by atoms with Crippen LogP contribution in [0.1, 0.15) is 38.3 Å². The summed E-state index contributed by atoms with van der Waals surface area (Å²) in [6.07, 6.45) is 5.68. The van der Waals surface area contributed by atoms with Gasteiger partial charge < -0.3 is 15.0 Å². The third-order valence-electron chi connectivity index (χ3n) is 4.89. The Morgan fingerprint density at radius 1 is 1.50 bits per heavy atom. The van der Waals surface area contributed by atoms with Crippen LogP contribution in [0.3, 0.4) is 0 Å². The predicted octanol–water partition coefficient (Wildman–Crippen LogP) is 2.65. The van der Waals surface area contributed by atoms with Crippen LogP contribution in [0.15, 0.2) is 5.38 Å². The normalized spacial score (nSPS) is 27.1. The Bertz CT molecular complexity index is 456. The number of hydrogen-bond acceptors (Lipinski definition) is 5. The molecule has 3 rings (SSSR count). The molecule has 0 saturated heterocycles. The number of thiazole rings is 1. The molecule has 0 aliphatic heterocycles. The molecule has 2 aliphatic carbocycles. The van der Waals surface area contributed by atoms with Gasteiger partial charge in [-0.2, -0.15) is 0 Å². The van der Waals surface area contributed by atoms with Crippen molar-refractivity contribution in [1.82, 2.24) is 10.3 Å². The van der Waals surface area contributed by atoms with Gasteiger partial charge >= 0.3 is 0 Å². The highest BCUT2D eigenvalue weighted by Gasteiger charge is 2.58. The van der Waals surface area contributed by atoms with Crippen LogP contribution in [0.5, 0.6) is 0 Å². The lowest BCUT2D eigenvalue weighted by Gasteiger charge is -2.61. The third kappa shape index (κ3) is 2.36. The van der Waals surface area contributed by atoms with E-state index in [1.165, 1.54) is 25.7 Å². The second-order valence-electron chi connectivity index (χ2n) is 6.22. The lowest BCUT2D eigenvalue weighted by Crippen LogP contribution is -2.66. The highest BCUT2D eigenvalue weighted by atomic mass is 32.1. The largest absolute Gasteiger partial charge is 0.378 e. The van der Waals surface area contributed by atoms with E-state index in [1.807, 2.05) is 14.1 Å². The fourth-order valence-corrected chi connectivity index (χ4v) is 4.29. The Balaban J connectivity index is 1.54. The van der Waals surface area contributed by atoms with Gasteiger partial charge in [-0.25, -0.2) is 4.98 Å². The van der Waals surface area contributed by atoms with E-state index in [9.17, 15) is 0 Å². The summed E-state index contributed by atoms with van der Waals surface area (Å²) in [6.45, 7) is 3.83. The Morgan fingerprint density at radius 3 is 2.85 bits per heavy atom. The number of hydrogen-bond donors (Lipinski definition) is 1. The van der Waals surface area contributed by atoms with Crippen molar-refractivity contribution in [2.75, 3.05) is 25.6 Å². The first kappa shape index (κ1) is 14.3. The maximum Gasteiger partial charge on any atom is 0.185 e. The molecule has 1 spiro atoms. The van der Waals surface area contributed by atoms with Crippen molar-refractivity contribution >= 4 is 16.5 Å². The van der Waals surface area contributed by atoms with Crippen LogP contribution in [0.25, 0.3) is 0 Å². The zero-order chi connectivity index (χ0) is 14.2. The van der Waals surface area contributed by atoms with Crippen molar-refractivity contribution in [2.24, 2.45) is 5.41 Å². The van der Waals surface area contributed by atoms with Crippen molar-refractivity contribution in [1.29, 1.82) is 0 Å². The summed E-state index contributed by atoms with van der Waals surface area (Å²) in [5.74, 6) is 0. The molecule has 0 radical (unpaired) electrons. The number of nitrogens with one attached hydrogen (secondary N) is 1. The molecular formula is C15H25N3OS. The highest BCUT2D eigenvalue weighted by Crippen LogP contribution is 2.57. The first-order valence-corrected chi connectivity index (χ1v) is 8.50. The maximum absolute atomic E-state index is 5.89. The molecule has 4 nitrogen and oxygen atoms in total. The van der Waals surface area contributed by atoms with Gasteiger partial charge in [-0.1, -0.05) is 6.42 Å². The molecule has 0 aromatic carbocycles. The van der Waals surface area contributed by atoms with Crippen LogP contribution in [0, 0.1) is 5.41 Å². The fourth-order valence-electron chi connectivity index (χ4n) is 3.54. The number of ether oxygens (including phenoxy) is 1. The van der Waals surface area contributed by atoms with Crippen LogP contribution in [0.4, 0.5) is 5.13 Å². The summed E-state index contributed by atoms with van der Waals surface area (Å²) in [5, 5.41) is 6.96. The Morgan fingerprint density at radius 2 is 2.30 bits per heavy atom. The standard InChI is InChI=1S/C15H25N3OS/c1-4-19-13-8-12(15(13)6-5-7-15)16-9-11-10-20-14(17-11)18(2)3/h10,12-13,16H,4-9H2,1-3H3/t12-,13-/m1/s1. The van der Waals surface area contributed by atoms with E-state index in [4.69, 9.17) is 4.74 Å². The molecule has 0 amide bonds. The molecule has 2 fully saturated rings. The second-order valence-corrected chi connectivity index (χ2v) is 7.05. The summed E-state index contributed by atoms with van der Waals surface area (Å²) in [5.41, 5.74) is 1.60. The number of nitrogens with zero attached hydrogens (tertiary/aromatic N) is 2. The maximum atomic E-state index is 5.89. The zero-order valence-corrected chi connectivity index (χ0v) is 13.5. The lowest BCUT2D eigenvalue weighted by atomic mass is 9.51. The highest BCUT2D eigenvalue weighted by molar-refractivity contribution is 7.13. The molecule has 1 heterocycles. The number of anilines is 1. The van der Waals surface area contributed by atoms with E-state index in [-0.39, 0.29) is 0 Å². The van der Waals surface area contributed by atoms with E-state index < -0.39 is 0 Å². The average Bonchev–Trinajstić information content (AvgIpc) is 2.79. The van der Waals surface area contributed by atoms with Crippen LogP contribution < -0.4 is 10.2 Å². The van der Waals surface area contributed by atoms with Crippen molar-refractivity contribution in [3.63, 3.8) is 0 Å². The van der Waals surface area contributed by atoms with Gasteiger partial charge in [-0.05, 0) is 26.2 Å². The quantitative estimate of drug-likeness (QED) is 0.875. The number of rotatable bonds is 6. The molecule has 20 heavy (non-hydrogen) atoms. The summed E-state index contributed by atoms with van der Waals surface area (Å²) in [7, 11) is 4.08. The lowest BCUT2D eigenvalue weighted by molar-refractivity contribution is -0.173. The first-order chi connectivity index (χ1) is 9.65. The third-order valence-corrected chi connectivity index (χ3v) is 5.95. The molecule has 1 aromatic heterocycles. The van der Waals surface area contributed by atoms with Gasteiger partial charge in [0.25, 0.3) is 0 Å². The summed E-state index contributed by atoms with van der Waals surface area (Å²) in [4.78, 5) is 6.70. The minimum atomic E-state index is 0.441. The molecule has 2 atom stereocenters. The van der Waals surface area contributed by atoms with Gasteiger partial charge in [0.2, 0.25) is 0 Å².